The van der Waals surface area contributed by atoms with Crippen LogP contribution in [0.5, 0.6) is 0 Å². The molecule has 0 spiro atoms. The summed E-state index contributed by atoms with van der Waals surface area (Å²) in [6, 6.07) is -0.114. The fourth-order valence-corrected chi connectivity index (χ4v) is 0.757. The molecule has 0 aliphatic carbocycles. The van der Waals surface area contributed by atoms with Crippen molar-refractivity contribution >= 4 is 5.91 Å². The molecule has 0 saturated carbocycles. The molecule has 0 fully saturated rings. The highest BCUT2D eigenvalue weighted by molar-refractivity contribution is 5.79. The van der Waals surface area contributed by atoms with Gasteiger partial charge in [-0.3, -0.25) is 4.79 Å². The second-order valence-electron chi connectivity index (χ2n) is 2.32. The van der Waals surface area contributed by atoms with Gasteiger partial charge in [-0.25, -0.2) is 0 Å². The third-order valence-electron chi connectivity index (χ3n) is 1.53. The number of alkyl halides is 2. The molecule has 66 valence electrons. The molecular formula is C7H13F2NO. The van der Waals surface area contributed by atoms with Gasteiger partial charge in [-0.1, -0.05) is 13.8 Å². The lowest BCUT2D eigenvalue weighted by molar-refractivity contribution is -0.132. The average molecular weight is 165 g/mol. The smallest absolute Gasteiger partial charge is 0.315 e. The van der Waals surface area contributed by atoms with Crippen molar-refractivity contribution in [3.63, 3.8) is 0 Å². The van der Waals surface area contributed by atoms with Crippen molar-refractivity contribution in [3.8, 4) is 0 Å². The van der Waals surface area contributed by atoms with Crippen LogP contribution < -0.4 is 5.32 Å². The van der Waals surface area contributed by atoms with E-state index < -0.39 is 12.3 Å². The van der Waals surface area contributed by atoms with E-state index in [2.05, 4.69) is 5.32 Å². The third-order valence-corrected chi connectivity index (χ3v) is 1.53. The first-order valence-electron chi connectivity index (χ1n) is 3.70. The first-order valence-corrected chi connectivity index (χ1v) is 3.70. The van der Waals surface area contributed by atoms with Gasteiger partial charge >= 0.3 is 6.43 Å². The zero-order valence-corrected chi connectivity index (χ0v) is 6.73. The zero-order valence-electron chi connectivity index (χ0n) is 6.73. The minimum absolute atomic E-state index is 0.114. The average Bonchev–Trinajstić information content (AvgIpc) is 1.99. The maximum Gasteiger partial charge on any atom is 0.315 e. The predicted molar refractivity (Wildman–Crippen MR) is 38.5 cm³/mol. The number of hydrogen-bond donors (Lipinski definition) is 1. The summed E-state index contributed by atoms with van der Waals surface area (Å²) in [5, 5.41) is 2.23. The van der Waals surface area contributed by atoms with E-state index in [0.717, 1.165) is 0 Å². The number of nitrogens with one attached hydrogen (secondary N) is 1. The van der Waals surface area contributed by atoms with Gasteiger partial charge in [0.2, 0.25) is 0 Å². The Labute approximate surface area is 65.0 Å². The Balaban J connectivity index is 3.72. The summed E-state index contributed by atoms with van der Waals surface area (Å²) in [5.74, 6) is -1.17. The molecule has 0 atom stereocenters. The topological polar surface area (TPSA) is 29.1 Å². The van der Waals surface area contributed by atoms with Crippen LogP contribution in [0.15, 0.2) is 0 Å². The number of amides is 1. The Morgan fingerprint density at radius 2 is 1.82 bits per heavy atom. The highest BCUT2D eigenvalue weighted by atomic mass is 19.3. The van der Waals surface area contributed by atoms with Crippen LogP contribution >= 0.6 is 0 Å². The molecule has 0 aromatic rings. The van der Waals surface area contributed by atoms with Gasteiger partial charge in [0, 0.05) is 6.04 Å². The van der Waals surface area contributed by atoms with Gasteiger partial charge in [-0.05, 0) is 12.8 Å². The van der Waals surface area contributed by atoms with Crippen molar-refractivity contribution < 1.29 is 13.6 Å². The number of halogens is 2. The van der Waals surface area contributed by atoms with Crippen LogP contribution in [0.25, 0.3) is 0 Å². The Hall–Kier alpha value is -0.670. The van der Waals surface area contributed by atoms with E-state index in [9.17, 15) is 13.6 Å². The molecule has 0 radical (unpaired) electrons. The van der Waals surface area contributed by atoms with Gasteiger partial charge in [0.15, 0.2) is 0 Å². The molecule has 2 nitrogen and oxygen atoms in total. The van der Waals surface area contributed by atoms with Crippen molar-refractivity contribution in [2.24, 2.45) is 0 Å². The van der Waals surface area contributed by atoms with Crippen molar-refractivity contribution in [3.05, 3.63) is 0 Å². The third kappa shape index (κ3) is 3.91. The van der Waals surface area contributed by atoms with E-state index in [1.54, 1.807) is 0 Å². The van der Waals surface area contributed by atoms with E-state index >= 15 is 0 Å². The lowest BCUT2D eigenvalue weighted by Gasteiger charge is -2.13. The maximum absolute atomic E-state index is 11.6. The first kappa shape index (κ1) is 10.3. The molecule has 0 bridgehead atoms. The first-order chi connectivity index (χ1) is 5.11. The number of hydrogen-bond acceptors (Lipinski definition) is 1. The van der Waals surface area contributed by atoms with E-state index in [4.69, 9.17) is 0 Å². The van der Waals surface area contributed by atoms with Crippen LogP contribution in [0.3, 0.4) is 0 Å². The summed E-state index contributed by atoms with van der Waals surface area (Å²) in [6.45, 7) is 3.69. The molecule has 0 aliphatic rings. The lowest BCUT2D eigenvalue weighted by Crippen LogP contribution is -2.37. The molecule has 1 amide bonds. The van der Waals surface area contributed by atoms with Crippen LogP contribution in [0.1, 0.15) is 26.7 Å². The van der Waals surface area contributed by atoms with E-state index in [-0.39, 0.29) is 6.04 Å². The normalized spacial score (nSPS) is 10.7. The summed E-state index contributed by atoms with van der Waals surface area (Å²) in [4.78, 5) is 10.4. The van der Waals surface area contributed by atoms with Gasteiger partial charge in [0.25, 0.3) is 5.91 Å². The summed E-state index contributed by atoms with van der Waals surface area (Å²) in [5.41, 5.74) is 0. The zero-order chi connectivity index (χ0) is 8.85. The Bertz CT molecular complexity index is 124. The summed E-state index contributed by atoms with van der Waals surface area (Å²) in [7, 11) is 0. The standard InChI is InChI=1S/C7H13F2NO/c1-3-5(4-2)10-7(11)6(8)9/h5-6H,3-4H2,1-2H3,(H,10,11). The fourth-order valence-electron chi connectivity index (χ4n) is 0.757. The van der Waals surface area contributed by atoms with Gasteiger partial charge in [0.05, 0.1) is 0 Å². The minimum atomic E-state index is -2.89. The van der Waals surface area contributed by atoms with E-state index in [0.29, 0.717) is 12.8 Å². The molecule has 0 unspecified atom stereocenters. The second-order valence-corrected chi connectivity index (χ2v) is 2.32. The number of carbonyl (C=O) groups is 1. The van der Waals surface area contributed by atoms with Crippen LogP contribution in [0.2, 0.25) is 0 Å². The minimum Gasteiger partial charge on any atom is -0.348 e. The quantitative estimate of drug-likeness (QED) is 0.672. The molecule has 0 aromatic carbocycles. The van der Waals surface area contributed by atoms with Crippen molar-refractivity contribution in [2.75, 3.05) is 0 Å². The largest absolute Gasteiger partial charge is 0.348 e. The maximum atomic E-state index is 11.6. The highest BCUT2D eigenvalue weighted by Gasteiger charge is 2.17. The Morgan fingerprint density at radius 1 is 1.36 bits per heavy atom. The van der Waals surface area contributed by atoms with Gasteiger partial charge in [-0.2, -0.15) is 8.78 Å². The Kier molecular flexibility index (Phi) is 4.74. The lowest BCUT2D eigenvalue weighted by atomic mass is 10.2. The van der Waals surface area contributed by atoms with Crippen LogP contribution in [-0.4, -0.2) is 18.4 Å². The van der Waals surface area contributed by atoms with Crippen LogP contribution in [0.4, 0.5) is 8.78 Å². The summed E-state index contributed by atoms with van der Waals surface area (Å²) in [6.07, 6.45) is -1.51. The van der Waals surface area contributed by atoms with Gasteiger partial charge in [-0.15, -0.1) is 0 Å². The van der Waals surface area contributed by atoms with Crippen molar-refractivity contribution in [2.45, 2.75) is 39.2 Å². The van der Waals surface area contributed by atoms with Crippen molar-refractivity contribution in [1.82, 2.24) is 5.32 Å². The monoisotopic (exact) mass is 165 g/mol. The fraction of sp³-hybridized carbons (Fsp3) is 0.857. The van der Waals surface area contributed by atoms with Crippen LogP contribution in [0, 0.1) is 0 Å². The van der Waals surface area contributed by atoms with Gasteiger partial charge in [0.1, 0.15) is 0 Å². The molecule has 0 aromatic heterocycles. The number of carbonyl (C=O) groups excluding carboxylic acids is 1. The summed E-state index contributed by atoms with van der Waals surface area (Å²) < 4.78 is 23.3. The van der Waals surface area contributed by atoms with E-state index in [1.165, 1.54) is 0 Å². The molecular weight excluding hydrogens is 152 g/mol. The molecule has 4 heteroatoms. The summed E-state index contributed by atoms with van der Waals surface area (Å²) >= 11 is 0. The molecule has 0 heterocycles. The second kappa shape index (κ2) is 5.04. The Morgan fingerprint density at radius 3 is 2.09 bits per heavy atom. The van der Waals surface area contributed by atoms with Crippen molar-refractivity contribution in [1.29, 1.82) is 0 Å². The highest BCUT2D eigenvalue weighted by Crippen LogP contribution is 1.98. The number of rotatable bonds is 4. The molecule has 0 aliphatic heterocycles. The molecule has 0 saturated heterocycles. The van der Waals surface area contributed by atoms with Crippen LogP contribution in [-0.2, 0) is 4.79 Å². The molecule has 0 rings (SSSR count). The van der Waals surface area contributed by atoms with Gasteiger partial charge < -0.3 is 5.32 Å². The molecule has 11 heavy (non-hydrogen) atoms. The predicted octanol–water partition coefficient (Wildman–Crippen LogP) is 1.56. The molecule has 1 N–H and O–H groups in total. The SMILES string of the molecule is CCC(CC)NC(=O)C(F)F. The van der Waals surface area contributed by atoms with E-state index in [1.807, 2.05) is 13.8 Å².